The second-order valence-electron chi connectivity index (χ2n) is 8.96. The number of benzene rings is 2. The van der Waals surface area contributed by atoms with E-state index in [1.54, 1.807) is 19.2 Å². The van der Waals surface area contributed by atoms with Gasteiger partial charge in [-0.15, -0.1) is 0 Å². The Balaban J connectivity index is 1.93. The van der Waals surface area contributed by atoms with Crippen LogP contribution >= 0.6 is 0 Å². The lowest BCUT2D eigenvalue weighted by molar-refractivity contribution is -0.139. The van der Waals surface area contributed by atoms with Crippen LogP contribution in [0.4, 0.5) is 0 Å². The zero-order valence-corrected chi connectivity index (χ0v) is 19.6. The van der Waals surface area contributed by atoms with Crippen molar-refractivity contribution in [1.29, 1.82) is 0 Å². The fourth-order valence-corrected chi connectivity index (χ4v) is 4.44. The number of carboxylic acid groups (broad SMARTS) is 1. The molecule has 2 aromatic carbocycles. The van der Waals surface area contributed by atoms with Gasteiger partial charge in [-0.25, -0.2) is 4.79 Å². The first-order valence-corrected chi connectivity index (χ1v) is 11.1. The van der Waals surface area contributed by atoms with Gasteiger partial charge < -0.3 is 19.3 Å². The molecule has 1 heterocycles. The van der Waals surface area contributed by atoms with E-state index >= 15 is 0 Å². The molecule has 0 radical (unpaired) electrons. The molecule has 1 saturated heterocycles. The summed E-state index contributed by atoms with van der Waals surface area (Å²) in [6.45, 7) is 12.3. The Hall–Kier alpha value is -2.79. The Bertz CT molecular complexity index is 947. The number of rotatable bonds is 8. The van der Waals surface area contributed by atoms with Gasteiger partial charge in [-0.2, -0.15) is 0 Å². The summed E-state index contributed by atoms with van der Waals surface area (Å²) in [5, 5.41) is 9.08. The predicted octanol–water partition coefficient (Wildman–Crippen LogP) is 6.11. The quantitative estimate of drug-likeness (QED) is 0.504. The third-order valence-electron chi connectivity index (χ3n) is 6.34. The van der Waals surface area contributed by atoms with Gasteiger partial charge in [0, 0.05) is 17.4 Å². The second kappa shape index (κ2) is 10.2. The van der Waals surface area contributed by atoms with Gasteiger partial charge in [0.2, 0.25) is 0 Å². The minimum atomic E-state index is -1.02. The number of hydrogen-bond acceptors (Lipinski definition) is 4. The topological polar surface area (TPSA) is 65.0 Å². The Morgan fingerprint density at radius 3 is 2.47 bits per heavy atom. The van der Waals surface area contributed by atoms with Crippen molar-refractivity contribution >= 4 is 5.97 Å². The van der Waals surface area contributed by atoms with Crippen LogP contribution in [-0.2, 0) is 9.53 Å². The van der Waals surface area contributed by atoms with Crippen LogP contribution in [0.1, 0.15) is 68.7 Å². The fourth-order valence-electron chi connectivity index (χ4n) is 4.44. The van der Waals surface area contributed by atoms with E-state index in [1.807, 2.05) is 13.0 Å². The molecule has 3 rings (SSSR count). The third kappa shape index (κ3) is 5.33. The second-order valence-corrected chi connectivity index (χ2v) is 8.96. The molecular formula is C27H34O5. The summed E-state index contributed by atoms with van der Waals surface area (Å²) in [6, 6.07) is 14.2. The summed E-state index contributed by atoms with van der Waals surface area (Å²) in [7, 11) is 1.61. The summed E-state index contributed by atoms with van der Waals surface area (Å²) in [6.07, 6.45) is 0.559. The highest BCUT2D eigenvalue weighted by molar-refractivity contribution is 5.68. The van der Waals surface area contributed by atoms with E-state index in [-0.39, 0.29) is 24.0 Å². The Labute approximate surface area is 191 Å². The lowest BCUT2D eigenvalue weighted by Gasteiger charge is -2.42. The molecule has 1 N–H and O–H groups in total. The van der Waals surface area contributed by atoms with E-state index in [1.165, 1.54) is 11.1 Å². The summed E-state index contributed by atoms with van der Waals surface area (Å²) in [5.74, 6) is 0.936. The van der Waals surface area contributed by atoms with Crippen molar-refractivity contribution in [2.45, 2.75) is 58.2 Å². The summed E-state index contributed by atoms with van der Waals surface area (Å²) < 4.78 is 17.6. The van der Waals surface area contributed by atoms with E-state index in [0.29, 0.717) is 17.4 Å². The fraction of sp³-hybridized carbons (Fsp3) is 0.444. The van der Waals surface area contributed by atoms with Gasteiger partial charge >= 0.3 is 5.97 Å². The largest absolute Gasteiger partial charge is 0.497 e. The molecule has 0 spiro atoms. The molecule has 2 aromatic rings. The van der Waals surface area contributed by atoms with Gasteiger partial charge in [-0.1, -0.05) is 50.3 Å². The molecule has 32 heavy (non-hydrogen) atoms. The van der Waals surface area contributed by atoms with E-state index in [0.717, 1.165) is 17.6 Å². The number of methoxy groups -OCH3 is 1. The average Bonchev–Trinajstić information content (AvgIpc) is 2.77. The maximum Gasteiger partial charge on any atom is 0.341 e. The van der Waals surface area contributed by atoms with Crippen molar-refractivity contribution in [2.75, 3.05) is 13.7 Å². The van der Waals surface area contributed by atoms with Crippen LogP contribution < -0.4 is 9.47 Å². The minimum absolute atomic E-state index is 0.0287. The third-order valence-corrected chi connectivity index (χ3v) is 6.34. The van der Waals surface area contributed by atoms with Crippen LogP contribution in [0.5, 0.6) is 11.5 Å². The van der Waals surface area contributed by atoms with Crippen molar-refractivity contribution < 1.29 is 24.1 Å². The summed E-state index contributed by atoms with van der Waals surface area (Å²) >= 11 is 0. The van der Waals surface area contributed by atoms with Gasteiger partial charge in [0.15, 0.2) is 6.61 Å². The van der Waals surface area contributed by atoms with Gasteiger partial charge in [0.25, 0.3) is 0 Å². The zero-order valence-electron chi connectivity index (χ0n) is 19.6. The number of carbonyl (C=O) groups is 1. The van der Waals surface area contributed by atoms with Crippen molar-refractivity contribution in [1.82, 2.24) is 0 Å². The summed E-state index contributed by atoms with van der Waals surface area (Å²) in [4.78, 5) is 11.1. The van der Waals surface area contributed by atoms with E-state index in [2.05, 4.69) is 51.6 Å². The van der Waals surface area contributed by atoms with Gasteiger partial charge in [-0.3, -0.25) is 0 Å². The van der Waals surface area contributed by atoms with E-state index in [9.17, 15) is 4.79 Å². The number of carboxylic acids is 1. The van der Waals surface area contributed by atoms with Gasteiger partial charge in [0.05, 0.1) is 19.3 Å². The molecule has 0 saturated carbocycles. The monoisotopic (exact) mass is 438 g/mol. The van der Waals surface area contributed by atoms with Gasteiger partial charge in [0.1, 0.15) is 11.5 Å². The standard InChI is InChI=1S/C27H34O5/c1-16(2)19-7-9-20(10-8-19)23-14-22(17(3)4)27(32-18(23)5)24-13-21(30-6)11-12-25(24)31-15-26(28)29/h7-13,16,18,22-23,27H,3,14-15H2,1-2,4-6H3,(H,28,29)/t18-,22-,23-,27-/m0/s1. The Kier molecular flexibility index (Phi) is 7.62. The summed E-state index contributed by atoms with van der Waals surface area (Å²) in [5.41, 5.74) is 4.40. The Morgan fingerprint density at radius 1 is 1.22 bits per heavy atom. The van der Waals surface area contributed by atoms with Crippen LogP contribution in [-0.4, -0.2) is 30.9 Å². The molecule has 1 fully saturated rings. The Morgan fingerprint density at radius 2 is 1.91 bits per heavy atom. The predicted molar refractivity (Wildman–Crippen MR) is 126 cm³/mol. The number of ether oxygens (including phenoxy) is 3. The van der Waals surface area contributed by atoms with Crippen LogP contribution in [0.25, 0.3) is 0 Å². The SMILES string of the molecule is C=C(C)[C@@H]1C[C@H](c2ccc(C(C)C)cc2)[C@H](C)O[C@@H]1c1cc(OC)ccc1OCC(=O)O. The van der Waals surface area contributed by atoms with Crippen molar-refractivity contribution in [3.05, 3.63) is 71.3 Å². The van der Waals surface area contributed by atoms with E-state index in [4.69, 9.17) is 19.3 Å². The van der Waals surface area contributed by atoms with Crippen molar-refractivity contribution in [2.24, 2.45) is 5.92 Å². The molecule has 1 aliphatic heterocycles. The molecule has 172 valence electrons. The first-order chi connectivity index (χ1) is 15.2. The lowest BCUT2D eigenvalue weighted by atomic mass is 9.75. The molecule has 1 aliphatic rings. The smallest absolute Gasteiger partial charge is 0.341 e. The lowest BCUT2D eigenvalue weighted by Crippen LogP contribution is -2.34. The maximum absolute atomic E-state index is 11.1. The van der Waals surface area contributed by atoms with E-state index < -0.39 is 12.6 Å². The zero-order chi connectivity index (χ0) is 23.4. The highest BCUT2D eigenvalue weighted by Gasteiger charge is 2.39. The minimum Gasteiger partial charge on any atom is -0.497 e. The molecule has 4 atom stereocenters. The molecule has 0 aromatic heterocycles. The molecule has 0 bridgehead atoms. The molecule has 5 heteroatoms. The molecule has 0 amide bonds. The van der Waals surface area contributed by atoms with Crippen LogP contribution in [0.3, 0.4) is 0 Å². The number of hydrogen-bond donors (Lipinski definition) is 1. The number of aliphatic carboxylic acids is 1. The molecular weight excluding hydrogens is 404 g/mol. The first-order valence-electron chi connectivity index (χ1n) is 11.1. The molecule has 5 nitrogen and oxygen atoms in total. The van der Waals surface area contributed by atoms with Crippen LogP contribution in [0, 0.1) is 5.92 Å². The van der Waals surface area contributed by atoms with Crippen LogP contribution in [0.15, 0.2) is 54.6 Å². The normalized spacial score (nSPS) is 23.1. The highest BCUT2D eigenvalue weighted by atomic mass is 16.5. The average molecular weight is 439 g/mol. The maximum atomic E-state index is 11.1. The van der Waals surface area contributed by atoms with Crippen molar-refractivity contribution in [3.63, 3.8) is 0 Å². The first kappa shape index (κ1) is 23.9. The van der Waals surface area contributed by atoms with Crippen molar-refractivity contribution in [3.8, 4) is 11.5 Å². The molecule has 0 aliphatic carbocycles. The van der Waals surface area contributed by atoms with Gasteiger partial charge in [-0.05, 0) is 55.5 Å². The molecule has 0 unspecified atom stereocenters. The highest BCUT2D eigenvalue weighted by Crippen LogP contribution is 2.48. The van der Waals surface area contributed by atoms with Crippen LogP contribution in [0.2, 0.25) is 0 Å².